The molecule has 41 heavy (non-hydrogen) atoms. The van der Waals surface area contributed by atoms with Crippen molar-refractivity contribution in [2.24, 2.45) is 5.10 Å². The molecule has 2 N–H and O–H groups in total. The van der Waals surface area contributed by atoms with Crippen molar-refractivity contribution in [1.82, 2.24) is 5.43 Å². The molecule has 2 amide bonds. The molecule has 4 aromatic carbocycles. The largest absolute Gasteiger partial charge is 0.497 e. The van der Waals surface area contributed by atoms with Crippen molar-refractivity contribution in [3.05, 3.63) is 125 Å². The summed E-state index contributed by atoms with van der Waals surface area (Å²) < 4.78 is 15.9. The molecule has 0 unspecified atom stereocenters. The van der Waals surface area contributed by atoms with E-state index in [1.165, 1.54) is 26.5 Å². The molecule has 0 aromatic heterocycles. The maximum atomic E-state index is 12.6. The fourth-order valence-electron chi connectivity index (χ4n) is 3.66. The number of amides is 2. The Labute approximate surface area is 237 Å². The molecule has 9 heteroatoms. The van der Waals surface area contributed by atoms with Gasteiger partial charge in [0, 0.05) is 22.9 Å². The van der Waals surface area contributed by atoms with E-state index in [0.29, 0.717) is 33.9 Å². The lowest BCUT2D eigenvalue weighted by Crippen LogP contribution is -2.18. The summed E-state index contributed by atoms with van der Waals surface area (Å²) in [6, 6.07) is 27.5. The van der Waals surface area contributed by atoms with Crippen LogP contribution in [0.4, 0.5) is 5.69 Å². The fourth-order valence-corrected chi connectivity index (χ4v) is 3.66. The second-order valence-corrected chi connectivity index (χ2v) is 8.54. The van der Waals surface area contributed by atoms with E-state index in [2.05, 4.69) is 15.8 Å². The van der Waals surface area contributed by atoms with Gasteiger partial charge in [0.1, 0.15) is 5.75 Å². The van der Waals surface area contributed by atoms with Gasteiger partial charge in [-0.2, -0.15) is 5.10 Å². The summed E-state index contributed by atoms with van der Waals surface area (Å²) in [7, 11) is 2.98. The van der Waals surface area contributed by atoms with Gasteiger partial charge in [-0.3, -0.25) is 9.59 Å². The molecule has 0 aliphatic heterocycles. The number of ether oxygens (including phenoxy) is 3. The highest BCUT2D eigenvalue weighted by Gasteiger charge is 2.11. The lowest BCUT2D eigenvalue weighted by Gasteiger charge is -2.09. The number of nitrogens with zero attached hydrogens (tertiary/aromatic N) is 1. The highest BCUT2D eigenvalue weighted by molar-refractivity contribution is 6.05. The van der Waals surface area contributed by atoms with Gasteiger partial charge >= 0.3 is 5.97 Å². The fraction of sp³-hybridized carbons (Fsp3) is 0.0625. The van der Waals surface area contributed by atoms with E-state index < -0.39 is 11.9 Å². The monoisotopic (exact) mass is 549 g/mol. The molecule has 0 atom stereocenters. The number of carbonyl (C=O) groups excluding carboxylic acids is 3. The average Bonchev–Trinajstić information content (AvgIpc) is 3.01. The van der Waals surface area contributed by atoms with Crippen LogP contribution in [-0.2, 0) is 4.79 Å². The van der Waals surface area contributed by atoms with E-state index in [1.807, 2.05) is 30.3 Å². The number of hydrogen-bond acceptors (Lipinski definition) is 7. The molecule has 0 bridgehead atoms. The SMILES string of the molecule is COc1cccc(C(=O)Nc2cccc(C(=O)NN=Cc3ccc(OC(=O)/C=C/c4ccccc4)c(OC)c3)c2)c1. The van der Waals surface area contributed by atoms with Crippen molar-refractivity contribution in [3.8, 4) is 17.2 Å². The topological polar surface area (TPSA) is 115 Å². The van der Waals surface area contributed by atoms with Crippen LogP contribution < -0.4 is 25.0 Å². The first kappa shape index (κ1) is 28.3. The first-order chi connectivity index (χ1) is 19.9. The third-order valence-corrected chi connectivity index (χ3v) is 5.70. The molecule has 0 aliphatic carbocycles. The third kappa shape index (κ3) is 8.14. The van der Waals surface area contributed by atoms with Gasteiger partial charge in [-0.15, -0.1) is 0 Å². The third-order valence-electron chi connectivity index (χ3n) is 5.70. The highest BCUT2D eigenvalue weighted by Crippen LogP contribution is 2.28. The standard InChI is InChI=1S/C32H27N3O6/c1-39-27-13-7-11-25(20-27)31(37)34-26-12-6-10-24(19-26)32(38)35-33-21-23-14-16-28(29(18-23)40-2)41-30(36)17-15-22-8-4-3-5-9-22/h3-21H,1-2H3,(H,34,37)(H,35,38)/b17-15+,33-21?. The molecule has 206 valence electrons. The lowest BCUT2D eigenvalue weighted by molar-refractivity contribution is -0.129. The number of methoxy groups -OCH3 is 2. The van der Waals surface area contributed by atoms with E-state index in [0.717, 1.165) is 5.56 Å². The zero-order chi connectivity index (χ0) is 29.0. The van der Waals surface area contributed by atoms with Gasteiger partial charge in [0.05, 0.1) is 20.4 Å². The summed E-state index contributed by atoms with van der Waals surface area (Å²) in [5.41, 5.74) is 5.09. The number of hydrazone groups is 1. The van der Waals surface area contributed by atoms with Crippen LogP contribution in [0.3, 0.4) is 0 Å². The van der Waals surface area contributed by atoms with E-state index >= 15 is 0 Å². The molecule has 0 radical (unpaired) electrons. The zero-order valence-electron chi connectivity index (χ0n) is 22.4. The minimum atomic E-state index is -0.553. The zero-order valence-corrected chi connectivity index (χ0v) is 22.4. The van der Waals surface area contributed by atoms with Crippen molar-refractivity contribution in [3.63, 3.8) is 0 Å². The number of hydrogen-bond donors (Lipinski definition) is 2. The Morgan fingerprint density at radius 3 is 2.22 bits per heavy atom. The maximum Gasteiger partial charge on any atom is 0.336 e. The van der Waals surface area contributed by atoms with Gasteiger partial charge in [-0.05, 0) is 71.8 Å². The van der Waals surface area contributed by atoms with Crippen molar-refractivity contribution in [2.45, 2.75) is 0 Å². The summed E-state index contributed by atoms with van der Waals surface area (Å²) in [5.74, 6) is -0.239. The molecule has 0 fully saturated rings. The Bertz CT molecular complexity index is 1600. The lowest BCUT2D eigenvalue weighted by atomic mass is 10.1. The maximum absolute atomic E-state index is 12.6. The first-order valence-corrected chi connectivity index (χ1v) is 12.5. The molecular weight excluding hydrogens is 522 g/mol. The molecule has 0 saturated heterocycles. The number of rotatable bonds is 10. The van der Waals surface area contributed by atoms with Crippen LogP contribution in [0.1, 0.15) is 31.8 Å². The van der Waals surface area contributed by atoms with Crippen LogP contribution in [0.25, 0.3) is 6.08 Å². The van der Waals surface area contributed by atoms with Gasteiger partial charge in [0.15, 0.2) is 11.5 Å². The van der Waals surface area contributed by atoms with Crippen LogP contribution in [0.15, 0.2) is 108 Å². The van der Waals surface area contributed by atoms with Gasteiger partial charge < -0.3 is 19.5 Å². The second kappa shape index (κ2) is 13.9. The van der Waals surface area contributed by atoms with Crippen LogP contribution in [-0.4, -0.2) is 38.2 Å². The summed E-state index contributed by atoms with van der Waals surface area (Å²) in [5, 5.41) is 6.77. The van der Waals surface area contributed by atoms with Crippen molar-refractivity contribution in [1.29, 1.82) is 0 Å². The average molecular weight is 550 g/mol. The molecule has 0 heterocycles. The summed E-state index contributed by atoms with van der Waals surface area (Å²) in [6.07, 6.45) is 4.41. The predicted octanol–water partition coefficient (Wildman–Crippen LogP) is 5.34. The van der Waals surface area contributed by atoms with Crippen LogP contribution in [0, 0.1) is 0 Å². The quantitative estimate of drug-likeness (QED) is 0.0908. The molecule has 9 nitrogen and oxygen atoms in total. The summed E-state index contributed by atoms with van der Waals surface area (Å²) in [6.45, 7) is 0. The second-order valence-electron chi connectivity index (χ2n) is 8.54. The van der Waals surface area contributed by atoms with Crippen molar-refractivity contribution >= 4 is 35.8 Å². The van der Waals surface area contributed by atoms with E-state index in [1.54, 1.807) is 72.8 Å². The normalized spacial score (nSPS) is 10.8. The minimum absolute atomic E-state index is 0.240. The number of nitrogens with one attached hydrogen (secondary N) is 2. The Kier molecular flexibility index (Phi) is 9.60. The summed E-state index contributed by atoms with van der Waals surface area (Å²) in [4.78, 5) is 37.5. The number of esters is 1. The van der Waals surface area contributed by atoms with E-state index in [-0.39, 0.29) is 11.7 Å². The van der Waals surface area contributed by atoms with Gasteiger partial charge in [0.2, 0.25) is 0 Å². The molecule has 0 saturated carbocycles. The molecule has 4 rings (SSSR count). The molecular formula is C32H27N3O6. The number of carbonyl (C=O) groups is 3. The Morgan fingerprint density at radius 2 is 1.46 bits per heavy atom. The van der Waals surface area contributed by atoms with Gasteiger partial charge in [-0.1, -0.05) is 42.5 Å². The van der Waals surface area contributed by atoms with E-state index in [9.17, 15) is 14.4 Å². The number of anilines is 1. The van der Waals surface area contributed by atoms with Gasteiger partial charge in [0.25, 0.3) is 11.8 Å². The van der Waals surface area contributed by atoms with Crippen LogP contribution >= 0.6 is 0 Å². The van der Waals surface area contributed by atoms with Crippen LogP contribution in [0.5, 0.6) is 17.2 Å². The van der Waals surface area contributed by atoms with E-state index in [4.69, 9.17) is 14.2 Å². The van der Waals surface area contributed by atoms with Crippen LogP contribution in [0.2, 0.25) is 0 Å². The minimum Gasteiger partial charge on any atom is -0.497 e. The highest BCUT2D eigenvalue weighted by atomic mass is 16.6. The smallest absolute Gasteiger partial charge is 0.336 e. The Morgan fingerprint density at radius 1 is 0.707 bits per heavy atom. The number of benzene rings is 4. The predicted molar refractivity (Wildman–Crippen MR) is 157 cm³/mol. The Hall–Kier alpha value is -5.70. The van der Waals surface area contributed by atoms with Crippen molar-refractivity contribution < 1.29 is 28.6 Å². The molecule has 0 aliphatic rings. The molecule has 0 spiro atoms. The Balaban J connectivity index is 1.35. The summed E-state index contributed by atoms with van der Waals surface area (Å²) >= 11 is 0. The molecule has 4 aromatic rings. The first-order valence-electron chi connectivity index (χ1n) is 12.5. The van der Waals surface area contributed by atoms with Crippen molar-refractivity contribution in [2.75, 3.05) is 19.5 Å². The van der Waals surface area contributed by atoms with Gasteiger partial charge in [-0.25, -0.2) is 10.2 Å².